The quantitative estimate of drug-likeness (QED) is 0.785. The molecule has 1 N–H and O–H groups in total. The van der Waals surface area contributed by atoms with Crippen molar-refractivity contribution >= 4 is 12.0 Å². The maximum absolute atomic E-state index is 12.0. The standard InChI is InChI=1S/C21H25NO/c1-4-17-10-12-19(5-2)20(14-17)15-22-21(23)13-11-18-8-6-16(3)7-9-18/h6-14H,4-5,15H2,1-3H3,(H,22,23)/b13-11+. The summed E-state index contributed by atoms with van der Waals surface area (Å²) >= 11 is 0. The molecule has 0 atom stereocenters. The molecule has 0 unspecified atom stereocenters. The number of hydrogen-bond donors (Lipinski definition) is 1. The molecule has 2 heteroatoms. The molecule has 0 spiro atoms. The summed E-state index contributed by atoms with van der Waals surface area (Å²) in [5.41, 5.74) is 6.07. The van der Waals surface area contributed by atoms with Crippen molar-refractivity contribution in [3.8, 4) is 0 Å². The first kappa shape index (κ1) is 17.0. The molecule has 0 fully saturated rings. The molecule has 2 rings (SSSR count). The van der Waals surface area contributed by atoms with E-state index in [2.05, 4.69) is 44.3 Å². The first-order chi connectivity index (χ1) is 11.1. The van der Waals surface area contributed by atoms with Crippen molar-refractivity contribution < 1.29 is 4.79 Å². The molecule has 1 amide bonds. The van der Waals surface area contributed by atoms with Crippen molar-refractivity contribution in [2.24, 2.45) is 0 Å². The molecule has 0 aliphatic rings. The van der Waals surface area contributed by atoms with Crippen molar-refractivity contribution in [2.45, 2.75) is 40.2 Å². The molecule has 23 heavy (non-hydrogen) atoms. The van der Waals surface area contributed by atoms with Crippen molar-refractivity contribution in [3.05, 3.63) is 76.4 Å². The third-order valence-electron chi connectivity index (χ3n) is 4.02. The fourth-order valence-electron chi connectivity index (χ4n) is 2.50. The molecule has 0 radical (unpaired) electrons. The Kier molecular flexibility index (Phi) is 6.16. The van der Waals surface area contributed by atoms with Crippen LogP contribution in [0.5, 0.6) is 0 Å². The average Bonchev–Trinajstić information content (AvgIpc) is 2.59. The number of aryl methyl sites for hydroxylation is 3. The lowest BCUT2D eigenvalue weighted by atomic mass is 10.0. The minimum Gasteiger partial charge on any atom is -0.348 e. The molecule has 0 aromatic heterocycles. The maximum atomic E-state index is 12.0. The van der Waals surface area contributed by atoms with E-state index in [0.29, 0.717) is 6.54 Å². The Balaban J connectivity index is 1.97. The predicted molar refractivity (Wildman–Crippen MR) is 97.3 cm³/mol. The largest absolute Gasteiger partial charge is 0.348 e. The second kappa shape index (κ2) is 8.33. The highest BCUT2D eigenvalue weighted by Gasteiger charge is 2.03. The monoisotopic (exact) mass is 307 g/mol. The lowest BCUT2D eigenvalue weighted by Gasteiger charge is -2.10. The summed E-state index contributed by atoms with van der Waals surface area (Å²) < 4.78 is 0. The van der Waals surface area contributed by atoms with Gasteiger partial charge in [0.1, 0.15) is 0 Å². The van der Waals surface area contributed by atoms with E-state index < -0.39 is 0 Å². The highest BCUT2D eigenvalue weighted by atomic mass is 16.1. The predicted octanol–water partition coefficient (Wildman–Crippen LogP) is 4.45. The fourth-order valence-corrected chi connectivity index (χ4v) is 2.50. The number of hydrogen-bond acceptors (Lipinski definition) is 1. The van der Waals surface area contributed by atoms with Crippen LogP contribution in [0.25, 0.3) is 6.08 Å². The van der Waals surface area contributed by atoms with E-state index in [0.717, 1.165) is 18.4 Å². The lowest BCUT2D eigenvalue weighted by molar-refractivity contribution is -0.116. The molecular formula is C21H25NO. The van der Waals surface area contributed by atoms with Gasteiger partial charge < -0.3 is 5.32 Å². The summed E-state index contributed by atoms with van der Waals surface area (Å²) in [6.07, 6.45) is 5.44. The molecular weight excluding hydrogens is 282 g/mol. The van der Waals surface area contributed by atoms with E-state index in [-0.39, 0.29) is 5.91 Å². The Hall–Kier alpha value is -2.35. The zero-order chi connectivity index (χ0) is 16.7. The maximum Gasteiger partial charge on any atom is 0.244 e. The molecule has 0 aliphatic heterocycles. The highest BCUT2D eigenvalue weighted by molar-refractivity contribution is 5.91. The van der Waals surface area contributed by atoms with Crippen LogP contribution in [-0.2, 0) is 24.2 Å². The smallest absolute Gasteiger partial charge is 0.244 e. The summed E-state index contributed by atoms with van der Waals surface area (Å²) in [7, 11) is 0. The van der Waals surface area contributed by atoms with E-state index in [1.807, 2.05) is 30.3 Å². The molecule has 0 aliphatic carbocycles. The van der Waals surface area contributed by atoms with Gasteiger partial charge in [0.15, 0.2) is 0 Å². The SMILES string of the molecule is CCc1ccc(CC)c(CNC(=O)/C=C/c2ccc(C)cc2)c1. The number of nitrogens with one attached hydrogen (secondary N) is 1. The normalized spacial score (nSPS) is 10.9. The van der Waals surface area contributed by atoms with Crippen LogP contribution in [0.15, 0.2) is 48.5 Å². The van der Waals surface area contributed by atoms with Crippen LogP contribution in [0.2, 0.25) is 0 Å². The zero-order valence-corrected chi connectivity index (χ0v) is 14.2. The summed E-state index contributed by atoms with van der Waals surface area (Å²) in [5, 5.41) is 2.98. The molecule has 2 nitrogen and oxygen atoms in total. The molecule has 0 saturated carbocycles. The summed E-state index contributed by atoms with van der Waals surface area (Å²) in [4.78, 5) is 12.0. The van der Waals surface area contributed by atoms with Gasteiger partial charge >= 0.3 is 0 Å². The second-order valence-corrected chi connectivity index (χ2v) is 5.77. The van der Waals surface area contributed by atoms with Gasteiger partial charge in [0, 0.05) is 12.6 Å². The van der Waals surface area contributed by atoms with Gasteiger partial charge in [0.2, 0.25) is 5.91 Å². The van der Waals surface area contributed by atoms with Gasteiger partial charge in [0.05, 0.1) is 0 Å². The minimum atomic E-state index is -0.0606. The van der Waals surface area contributed by atoms with E-state index in [1.165, 1.54) is 22.3 Å². The number of carbonyl (C=O) groups is 1. The van der Waals surface area contributed by atoms with E-state index in [1.54, 1.807) is 6.08 Å². The van der Waals surface area contributed by atoms with Crippen LogP contribution < -0.4 is 5.32 Å². The summed E-state index contributed by atoms with van der Waals surface area (Å²) in [6, 6.07) is 14.6. The number of rotatable bonds is 6. The summed E-state index contributed by atoms with van der Waals surface area (Å²) in [5.74, 6) is -0.0606. The molecule has 2 aromatic rings. The molecule has 0 heterocycles. The van der Waals surface area contributed by atoms with Gasteiger partial charge in [-0.25, -0.2) is 0 Å². The van der Waals surface area contributed by atoms with Crippen molar-refractivity contribution in [2.75, 3.05) is 0 Å². The molecule has 2 aromatic carbocycles. The minimum absolute atomic E-state index is 0.0606. The molecule has 0 saturated heterocycles. The van der Waals surface area contributed by atoms with Crippen molar-refractivity contribution in [1.82, 2.24) is 5.32 Å². The van der Waals surface area contributed by atoms with Crippen LogP contribution in [0.1, 0.15) is 41.7 Å². The van der Waals surface area contributed by atoms with Crippen LogP contribution in [-0.4, -0.2) is 5.91 Å². The highest BCUT2D eigenvalue weighted by Crippen LogP contribution is 2.13. The number of amides is 1. The zero-order valence-electron chi connectivity index (χ0n) is 14.2. The fraction of sp³-hybridized carbons (Fsp3) is 0.286. The Morgan fingerprint density at radius 1 is 1.00 bits per heavy atom. The summed E-state index contributed by atoms with van der Waals surface area (Å²) in [6.45, 7) is 6.92. The number of carbonyl (C=O) groups excluding carboxylic acids is 1. The van der Waals surface area contributed by atoms with E-state index in [9.17, 15) is 4.79 Å². The van der Waals surface area contributed by atoms with Gasteiger partial charge in [-0.15, -0.1) is 0 Å². The van der Waals surface area contributed by atoms with Gasteiger partial charge in [-0.3, -0.25) is 4.79 Å². The van der Waals surface area contributed by atoms with E-state index in [4.69, 9.17) is 0 Å². The first-order valence-electron chi connectivity index (χ1n) is 8.25. The van der Waals surface area contributed by atoms with Crippen LogP contribution in [0, 0.1) is 6.92 Å². The Labute approximate surface area is 139 Å². The number of benzene rings is 2. The average molecular weight is 307 g/mol. The van der Waals surface area contributed by atoms with Crippen LogP contribution >= 0.6 is 0 Å². The second-order valence-electron chi connectivity index (χ2n) is 5.77. The topological polar surface area (TPSA) is 29.1 Å². The van der Waals surface area contributed by atoms with Crippen molar-refractivity contribution in [3.63, 3.8) is 0 Å². The Morgan fingerprint density at radius 3 is 2.39 bits per heavy atom. The Morgan fingerprint density at radius 2 is 1.74 bits per heavy atom. The molecule has 0 bridgehead atoms. The van der Waals surface area contributed by atoms with Gasteiger partial charge in [-0.05, 0) is 48.1 Å². The third-order valence-corrected chi connectivity index (χ3v) is 4.02. The first-order valence-corrected chi connectivity index (χ1v) is 8.25. The van der Waals surface area contributed by atoms with Gasteiger partial charge in [-0.1, -0.05) is 61.9 Å². The Bertz CT molecular complexity index is 683. The van der Waals surface area contributed by atoms with E-state index >= 15 is 0 Å². The lowest BCUT2D eigenvalue weighted by Crippen LogP contribution is -2.21. The van der Waals surface area contributed by atoms with Crippen LogP contribution in [0.4, 0.5) is 0 Å². The van der Waals surface area contributed by atoms with Gasteiger partial charge in [0.25, 0.3) is 0 Å². The molecule has 120 valence electrons. The van der Waals surface area contributed by atoms with Crippen molar-refractivity contribution in [1.29, 1.82) is 0 Å². The van der Waals surface area contributed by atoms with Gasteiger partial charge in [-0.2, -0.15) is 0 Å². The third kappa shape index (κ3) is 5.10. The van der Waals surface area contributed by atoms with Crippen LogP contribution in [0.3, 0.4) is 0 Å².